The average molecular weight is 312 g/mol. The quantitative estimate of drug-likeness (QED) is 0.785. The normalized spacial score (nSPS) is 11.9. The fourth-order valence-corrected chi connectivity index (χ4v) is 1.69. The maximum absolute atomic E-state index is 12.2. The molecule has 0 saturated carbocycles. The SMILES string of the molecule is CCN(CC(F)(F)F)C(=O)NC(=O)CC(C)(C)CC(=O)O. The van der Waals surface area contributed by atoms with E-state index in [0.29, 0.717) is 4.90 Å². The number of amides is 3. The van der Waals surface area contributed by atoms with Gasteiger partial charge in [-0.3, -0.25) is 14.9 Å². The van der Waals surface area contributed by atoms with E-state index in [1.54, 1.807) is 0 Å². The third kappa shape index (κ3) is 8.87. The Kier molecular flexibility index (Phi) is 6.65. The van der Waals surface area contributed by atoms with Gasteiger partial charge in [0.1, 0.15) is 6.54 Å². The first-order chi connectivity index (χ1) is 9.36. The molecule has 3 amide bonds. The molecule has 0 aromatic heterocycles. The number of alkyl halides is 3. The number of nitrogens with one attached hydrogen (secondary N) is 1. The molecule has 6 nitrogen and oxygen atoms in total. The van der Waals surface area contributed by atoms with Gasteiger partial charge in [-0.15, -0.1) is 0 Å². The number of carbonyl (C=O) groups is 3. The van der Waals surface area contributed by atoms with Crippen LogP contribution in [0.3, 0.4) is 0 Å². The minimum atomic E-state index is -4.56. The highest BCUT2D eigenvalue weighted by atomic mass is 19.4. The van der Waals surface area contributed by atoms with E-state index in [1.807, 2.05) is 5.32 Å². The summed E-state index contributed by atoms with van der Waals surface area (Å²) >= 11 is 0. The van der Waals surface area contributed by atoms with Crippen molar-refractivity contribution < 1.29 is 32.7 Å². The molecule has 0 aliphatic rings. The summed E-state index contributed by atoms with van der Waals surface area (Å²) in [6.07, 6.45) is -5.14. The first-order valence-electron chi connectivity index (χ1n) is 6.23. The molecular formula is C12H19F3N2O4. The van der Waals surface area contributed by atoms with Crippen molar-refractivity contribution >= 4 is 17.9 Å². The van der Waals surface area contributed by atoms with Crippen LogP contribution >= 0.6 is 0 Å². The van der Waals surface area contributed by atoms with E-state index in [0.717, 1.165) is 0 Å². The number of hydrogen-bond donors (Lipinski definition) is 2. The number of hydrogen-bond acceptors (Lipinski definition) is 3. The highest BCUT2D eigenvalue weighted by Gasteiger charge is 2.33. The molecule has 0 aromatic carbocycles. The molecule has 0 atom stereocenters. The summed E-state index contributed by atoms with van der Waals surface area (Å²) in [4.78, 5) is 34.2. The molecule has 0 saturated heterocycles. The number of carboxylic acids is 1. The van der Waals surface area contributed by atoms with Gasteiger partial charge in [-0.05, 0) is 12.3 Å². The average Bonchev–Trinajstić information content (AvgIpc) is 2.20. The summed E-state index contributed by atoms with van der Waals surface area (Å²) in [5.74, 6) is -1.92. The minimum Gasteiger partial charge on any atom is -0.481 e. The minimum absolute atomic E-state index is 0.211. The molecule has 21 heavy (non-hydrogen) atoms. The smallest absolute Gasteiger partial charge is 0.406 e. The van der Waals surface area contributed by atoms with E-state index in [1.165, 1.54) is 20.8 Å². The maximum Gasteiger partial charge on any atom is 0.406 e. The van der Waals surface area contributed by atoms with Crippen molar-refractivity contribution in [1.82, 2.24) is 10.2 Å². The van der Waals surface area contributed by atoms with Crippen LogP contribution in [0.15, 0.2) is 0 Å². The fourth-order valence-electron chi connectivity index (χ4n) is 1.69. The standard InChI is InChI=1S/C12H19F3N2O4/c1-4-17(7-12(13,14)15)10(21)16-8(18)5-11(2,3)6-9(19)20/h4-7H2,1-3H3,(H,19,20)(H,16,18,21). The lowest BCUT2D eigenvalue weighted by Gasteiger charge is -2.24. The van der Waals surface area contributed by atoms with E-state index in [2.05, 4.69) is 0 Å². The number of carboxylic acid groups (broad SMARTS) is 1. The van der Waals surface area contributed by atoms with Gasteiger partial charge in [-0.2, -0.15) is 13.2 Å². The molecule has 9 heteroatoms. The van der Waals surface area contributed by atoms with Crippen LogP contribution in [0.2, 0.25) is 0 Å². The van der Waals surface area contributed by atoms with Crippen LogP contribution in [0.5, 0.6) is 0 Å². The zero-order chi connectivity index (χ0) is 16.8. The monoisotopic (exact) mass is 312 g/mol. The molecule has 0 aliphatic heterocycles. The van der Waals surface area contributed by atoms with Crippen LogP contribution in [-0.2, 0) is 9.59 Å². The lowest BCUT2D eigenvalue weighted by molar-refractivity contribution is -0.141. The predicted octanol–water partition coefficient (Wildman–Crippen LogP) is 2.00. The molecule has 0 bridgehead atoms. The Morgan fingerprint density at radius 2 is 1.67 bits per heavy atom. The number of nitrogens with zero attached hydrogens (tertiary/aromatic N) is 1. The van der Waals surface area contributed by atoms with Crippen molar-refractivity contribution in [2.45, 2.75) is 39.8 Å². The molecule has 0 aliphatic carbocycles. The Labute approximate surface area is 120 Å². The Bertz CT molecular complexity index is 408. The second-order valence-corrected chi connectivity index (χ2v) is 5.39. The van der Waals surface area contributed by atoms with Gasteiger partial charge in [0.15, 0.2) is 0 Å². The second-order valence-electron chi connectivity index (χ2n) is 5.39. The highest BCUT2D eigenvalue weighted by Crippen LogP contribution is 2.24. The van der Waals surface area contributed by atoms with E-state index in [-0.39, 0.29) is 19.4 Å². The van der Waals surface area contributed by atoms with Crippen molar-refractivity contribution in [3.8, 4) is 0 Å². The Morgan fingerprint density at radius 3 is 2.05 bits per heavy atom. The fraction of sp³-hybridized carbons (Fsp3) is 0.750. The van der Waals surface area contributed by atoms with E-state index >= 15 is 0 Å². The van der Waals surface area contributed by atoms with Crippen LogP contribution in [0.25, 0.3) is 0 Å². The number of rotatable bonds is 6. The first kappa shape index (κ1) is 19.2. The summed E-state index contributed by atoms with van der Waals surface area (Å²) in [5.41, 5.74) is -0.905. The number of carbonyl (C=O) groups excluding carboxylic acids is 2. The lowest BCUT2D eigenvalue weighted by Crippen LogP contribution is -2.47. The topological polar surface area (TPSA) is 86.7 Å². The van der Waals surface area contributed by atoms with Gasteiger partial charge in [-0.25, -0.2) is 4.79 Å². The first-order valence-corrected chi connectivity index (χ1v) is 6.23. The molecular weight excluding hydrogens is 293 g/mol. The third-order valence-corrected chi connectivity index (χ3v) is 2.55. The molecule has 0 aromatic rings. The Hall–Kier alpha value is -1.80. The second kappa shape index (κ2) is 7.28. The van der Waals surface area contributed by atoms with Gasteiger partial charge >= 0.3 is 18.2 Å². The number of urea groups is 1. The van der Waals surface area contributed by atoms with Gasteiger partial charge in [-0.1, -0.05) is 13.8 Å². The van der Waals surface area contributed by atoms with E-state index in [9.17, 15) is 27.6 Å². The lowest BCUT2D eigenvalue weighted by atomic mass is 9.85. The number of aliphatic carboxylic acids is 1. The molecule has 0 unspecified atom stereocenters. The highest BCUT2D eigenvalue weighted by molar-refractivity contribution is 5.94. The Morgan fingerprint density at radius 1 is 1.14 bits per heavy atom. The van der Waals surface area contributed by atoms with Gasteiger partial charge < -0.3 is 10.0 Å². The van der Waals surface area contributed by atoms with Crippen LogP contribution in [0.4, 0.5) is 18.0 Å². The van der Waals surface area contributed by atoms with Crippen molar-refractivity contribution in [2.75, 3.05) is 13.1 Å². The zero-order valence-electron chi connectivity index (χ0n) is 12.1. The largest absolute Gasteiger partial charge is 0.481 e. The zero-order valence-corrected chi connectivity index (χ0v) is 12.1. The number of halogens is 3. The van der Waals surface area contributed by atoms with Gasteiger partial charge in [0, 0.05) is 13.0 Å². The van der Waals surface area contributed by atoms with Crippen molar-refractivity contribution in [1.29, 1.82) is 0 Å². The van der Waals surface area contributed by atoms with Gasteiger partial charge in [0.05, 0.1) is 6.42 Å². The molecule has 0 spiro atoms. The van der Waals surface area contributed by atoms with Gasteiger partial charge in [0.25, 0.3) is 0 Å². The van der Waals surface area contributed by atoms with Crippen molar-refractivity contribution in [3.05, 3.63) is 0 Å². The summed E-state index contributed by atoms with van der Waals surface area (Å²) in [5, 5.41) is 10.5. The molecule has 2 N–H and O–H groups in total. The van der Waals surface area contributed by atoms with Crippen LogP contribution in [0.1, 0.15) is 33.6 Å². The van der Waals surface area contributed by atoms with Crippen LogP contribution < -0.4 is 5.32 Å². The van der Waals surface area contributed by atoms with E-state index in [4.69, 9.17) is 5.11 Å². The molecule has 0 fully saturated rings. The van der Waals surface area contributed by atoms with Crippen molar-refractivity contribution in [3.63, 3.8) is 0 Å². The van der Waals surface area contributed by atoms with E-state index < -0.39 is 36.0 Å². The Balaban J connectivity index is 4.56. The predicted molar refractivity (Wildman–Crippen MR) is 67.5 cm³/mol. The maximum atomic E-state index is 12.2. The molecule has 0 radical (unpaired) electrons. The van der Waals surface area contributed by atoms with Crippen LogP contribution in [0, 0.1) is 5.41 Å². The molecule has 0 rings (SSSR count). The van der Waals surface area contributed by atoms with Crippen LogP contribution in [-0.4, -0.2) is 47.2 Å². The molecule has 0 heterocycles. The van der Waals surface area contributed by atoms with Crippen molar-refractivity contribution in [2.24, 2.45) is 5.41 Å². The summed E-state index contributed by atoms with van der Waals surface area (Å²) in [6.45, 7) is 2.71. The summed E-state index contributed by atoms with van der Waals surface area (Å²) in [6, 6.07) is -1.15. The van der Waals surface area contributed by atoms with Gasteiger partial charge in [0.2, 0.25) is 5.91 Å². The summed E-state index contributed by atoms with van der Waals surface area (Å²) < 4.78 is 36.7. The summed E-state index contributed by atoms with van der Waals surface area (Å²) in [7, 11) is 0. The molecule has 122 valence electrons. The third-order valence-electron chi connectivity index (χ3n) is 2.55. The number of imide groups is 1.